The molecule has 0 aliphatic rings. The van der Waals surface area contributed by atoms with Gasteiger partial charge in [0.1, 0.15) is 0 Å². The molecule has 19 heavy (non-hydrogen) atoms. The summed E-state index contributed by atoms with van der Waals surface area (Å²) >= 11 is 0. The van der Waals surface area contributed by atoms with Gasteiger partial charge in [-0.15, -0.1) is 0 Å². The van der Waals surface area contributed by atoms with Crippen LogP contribution in [0.3, 0.4) is 0 Å². The Kier molecular flexibility index (Phi) is 6.60. The number of aliphatic carboxylic acids is 1. The fourth-order valence-corrected chi connectivity index (χ4v) is 1.80. The van der Waals surface area contributed by atoms with E-state index in [1.165, 1.54) is 0 Å². The highest BCUT2D eigenvalue weighted by Crippen LogP contribution is 2.18. The molecule has 1 amide bonds. The summed E-state index contributed by atoms with van der Waals surface area (Å²) in [7, 11) is 0. The van der Waals surface area contributed by atoms with Crippen LogP contribution in [0.15, 0.2) is 30.3 Å². The lowest BCUT2D eigenvalue weighted by atomic mass is 10.0. The van der Waals surface area contributed by atoms with Gasteiger partial charge in [0.05, 0.1) is 6.04 Å². The number of nitrogens with two attached hydrogens (primary N) is 1. The Hall–Kier alpha value is -1.88. The van der Waals surface area contributed by atoms with Gasteiger partial charge in [-0.1, -0.05) is 30.3 Å². The molecule has 0 aliphatic heterocycles. The van der Waals surface area contributed by atoms with E-state index in [-0.39, 0.29) is 18.4 Å². The maximum atomic E-state index is 11.7. The number of carbonyl (C=O) groups is 2. The van der Waals surface area contributed by atoms with E-state index in [1.54, 1.807) is 0 Å². The maximum Gasteiger partial charge on any atom is 0.303 e. The number of hydrogen-bond donors (Lipinski definition) is 3. The molecule has 1 rings (SSSR count). The molecular formula is C14H20N2O3. The lowest BCUT2D eigenvalue weighted by Gasteiger charge is -2.18. The first kappa shape index (κ1) is 15.2. The highest BCUT2D eigenvalue weighted by atomic mass is 16.4. The molecule has 1 aromatic rings. The molecule has 1 atom stereocenters. The van der Waals surface area contributed by atoms with Crippen LogP contribution in [-0.2, 0) is 9.59 Å². The van der Waals surface area contributed by atoms with Crippen LogP contribution in [0.25, 0.3) is 0 Å². The van der Waals surface area contributed by atoms with Crippen molar-refractivity contribution in [3.05, 3.63) is 35.9 Å². The summed E-state index contributed by atoms with van der Waals surface area (Å²) in [5, 5.41) is 11.6. The zero-order valence-corrected chi connectivity index (χ0v) is 10.8. The summed E-state index contributed by atoms with van der Waals surface area (Å²) in [5.74, 6) is -0.957. The molecule has 0 spiro atoms. The van der Waals surface area contributed by atoms with E-state index >= 15 is 0 Å². The van der Waals surface area contributed by atoms with Gasteiger partial charge < -0.3 is 16.2 Å². The molecule has 5 heteroatoms. The first-order chi connectivity index (χ1) is 9.13. The van der Waals surface area contributed by atoms with Gasteiger partial charge in [-0.3, -0.25) is 9.59 Å². The molecule has 0 aliphatic carbocycles. The second-order valence-corrected chi connectivity index (χ2v) is 4.36. The first-order valence-corrected chi connectivity index (χ1v) is 6.39. The largest absolute Gasteiger partial charge is 0.481 e. The van der Waals surface area contributed by atoms with E-state index in [1.807, 2.05) is 30.3 Å². The number of carboxylic acids is 1. The molecular weight excluding hydrogens is 244 g/mol. The predicted octanol–water partition coefficient (Wildman–Crippen LogP) is 1.45. The predicted molar refractivity (Wildman–Crippen MR) is 72.5 cm³/mol. The number of carboxylic acid groups (broad SMARTS) is 1. The maximum absolute atomic E-state index is 11.7. The van der Waals surface area contributed by atoms with Gasteiger partial charge in [-0.2, -0.15) is 0 Å². The normalized spacial score (nSPS) is 11.8. The Labute approximate surface area is 112 Å². The van der Waals surface area contributed by atoms with Crippen molar-refractivity contribution in [1.82, 2.24) is 5.32 Å². The van der Waals surface area contributed by atoms with Crippen LogP contribution in [0.1, 0.15) is 37.3 Å². The van der Waals surface area contributed by atoms with E-state index in [0.717, 1.165) is 5.56 Å². The summed E-state index contributed by atoms with van der Waals surface area (Å²) in [6, 6.07) is 9.13. The standard InChI is InChI=1S/C14H20N2O3/c15-10-4-7-13(17)16-12(8-9-14(18)19)11-5-2-1-3-6-11/h1-3,5-6,12H,4,7-10,15H2,(H,16,17)(H,18,19). The highest BCUT2D eigenvalue weighted by Gasteiger charge is 2.15. The molecule has 0 aromatic heterocycles. The zero-order valence-electron chi connectivity index (χ0n) is 10.8. The van der Waals surface area contributed by atoms with Crippen LogP contribution in [0.5, 0.6) is 0 Å². The highest BCUT2D eigenvalue weighted by molar-refractivity contribution is 5.76. The smallest absolute Gasteiger partial charge is 0.303 e. The molecule has 5 nitrogen and oxygen atoms in total. The topological polar surface area (TPSA) is 92.4 Å². The Morgan fingerprint density at radius 1 is 1.21 bits per heavy atom. The molecule has 4 N–H and O–H groups in total. The average Bonchev–Trinajstić information content (AvgIpc) is 2.42. The number of nitrogens with one attached hydrogen (secondary N) is 1. The minimum atomic E-state index is -0.864. The van der Waals surface area contributed by atoms with Gasteiger partial charge in [0, 0.05) is 12.8 Å². The number of amides is 1. The molecule has 0 bridgehead atoms. The van der Waals surface area contributed by atoms with Crippen LogP contribution in [0.4, 0.5) is 0 Å². The molecule has 0 saturated heterocycles. The van der Waals surface area contributed by atoms with Crippen molar-refractivity contribution in [2.75, 3.05) is 6.54 Å². The SMILES string of the molecule is NCCCC(=O)NC(CCC(=O)O)c1ccccc1. The van der Waals surface area contributed by atoms with E-state index in [4.69, 9.17) is 10.8 Å². The first-order valence-electron chi connectivity index (χ1n) is 6.39. The van der Waals surface area contributed by atoms with Gasteiger partial charge in [-0.25, -0.2) is 0 Å². The van der Waals surface area contributed by atoms with E-state index in [0.29, 0.717) is 25.8 Å². The van der Waals surface area contributed by atoms with E-state index in [2.05, 4.69) is 5.32 Å². The molecule has 0 radical (unpaired) electrons. The van der Waals surface area contributed by atoms with Crippen LogP contribution in [-0.4, -0.2) is 23.5 Å². The molecule has 0 heterocycles. The third kappa shape index (κ3) is 6.01. The molecule has 0 saturated carbocycles. The Morgan fingerprint density at radius 3 is 2.47 bits per heavy atom. The van der Waals surface area contributed by atoms with Crippen LogP contribution in [0, 0.1) is 0 Å². The minimum absolute atomic E-state index is 0.0245. The fourth-order valence-electron chi connectivity index (χ4n) is 1.80. The van der Waals surface area contributed by atoms with Crippen LogP contribution in [0.2, 0.25) is 0 Å². The Balaban J connectivity index is 2.64. The quantitative estimate of drug-likeness (QED) is 0.662. The van der Waals surface area contributed by atoms with Crippen molar-refractivity contribution < 1.29 is 14.7 Å². The summed E-state index contributed by atoms with van der Waals surface area (Å²) in [5.41, 5.74) is 6.28. The summed E-state index contributed by atoms with van der Waals surface area (Å²) in [4.78, 5) is 22.4. The number of hydrogen-bond acceptors (Lipinski definition) is 3. The number of benzene rings is 1. The van der Waals surface area contributed by atoms with Crippen molar-refractivity contribution in [2.45, 2.75) is 31.7 Å². The van der Waals surface area contributed by atoms with Crippen LogP contribution >= 0.6 is 0 Å². The third-order valence-corrected chi connectivity index (χ3v) is 2.79. The molecule has 1 aromatic carbocycles. The number of rotatable bonds is 8. The van der Waals surface area contributed by atoms with Crippen molar-refractivity contribution in [3.8, 4) is 0 Å². The molecule has 0 fully saturated rings. The van der Waals surface area contributed by atoms with E-state index in [9.17, 15) is 9.59 Å². The van der Waals surface area contributed by atoms with Gasteiger partial charge in [-0.05, 0) is 24.9 Å². The molecule has 1 unspecified atom stereocenters. The second-order valence-electron chi connectivity index (χ2n) is 4.36. The Bertz CT molecular complexity index is 406. The monoisotopic (exact) mass is 264 g/mol. The minimum Gasteiger partial charge on any atom is -0.481 e. The van der Waals surface area contributed by atoms with Gasteiger partial charge in [0.15, 0.2) is 0 Å². The number of carbonyl (C=O) groups excluding carboxylic acids is 1. The summed E-state index contributed by atoms with van der Waals surface area (Å²) in [6.45, 7) is 0.471. The fraction of sp³-hybridized carbons (Fsp3) is 0.429. The van der Waals surface area contributed by atoms with E-state index < -0.39 is 5.97 Å². The van der Waals surface area contributed by atoms with Crippen LogP contribution < -0.4 is 11.1 Å². The third-order valence-electron chi connectivity index (χ3n) is 2.79. The van der Waals surface area contributed by atoms with Crippen molar-refractivity contribution in [1.29, 1.82) is 0 Å². The summed E-state index contributed by atoms with van der Waals surface area (Å²) < 4.78 is 0. The van der Waals surface area contributed by atoms with Crippen molar-refractivity contribution >= 4 is 11.9 Å². The van der Waals surface area contributed by atoms with Gasteiger partial charge >= 0.3 is 5.97 Å². The Morgan fingerprint density at radius 2 is 1.89 bits per heavy atom. The second kappa shape index (κ2) is 8.26. The average molecular weight is 264 g/mol. The molecule has 104 valence electrons. The van der Waals surface area contributed by atoms with Crippen molar-refractivity contribution in [3.63, 3.8) is 0 Å². The summed E-state index contributed by atoms with van der Waals surface area (Å²) in [6.07, 6.45) is 1.41. The lowest BCUT2D eigenvalue weighted by Crippen LogP contribution is -2.29. The van der Waals surface area contributed by atoms with Crippen molar-refractivity contribution in [2.24, 2.45) is 5.73 Å². The lowest BCUT2D eigenvalue weighted by molar-refractivity contribution is -0.137. The zero-order chi connectivity index (χ0) is 14.1. The van der Waals surface area contributed by atoms with Gasteiger partial charge in [0.2, 0.25) is 5.91 Å². The van der Waals surface area contributed by atoms with Gasteiger partial charge in [0.25, 0.3) is 0 Å².